The summed E-state index contributed by atoms with van der Waals surface area (Å²) in [6.45, 7) is 8.63. The molecule has 1 aromatic rings. The number of hydrogen-bond donors (Lipinski definition) is 0. The lowest BCUT2D eigenvalue weighted by molar-refractivity contribution is -0.130. The third-order valence-corrected chi connectivity index (χ3v) is 5.04. The molecule has 1 unspecified atom stereocenters. The van der Waals surface area contributed by atoms with Crippen LogP contribution in [-0.2, 0) is 14.9 Å². The maximum atomic E-state index is 12.1. The molecule has 0 spiro atoms. The highest BCUT2D eigenvalue weighted by Crippen LogP contribution is 2.31. The highest BCUT2D eigenvalue weighted by molar-refractivity contribution is 9.10. The summed E-state index contributed by atoms with van der Waals surface area (Å²) in [6.07, 6.45) is 2.38. The van der Waals surface area contributed by atoms with Crippen LogP contribution in [0.1, 0.15) is 45.6 Å². The van der Waals surface area contributed by atoms with E-state index < -0.39 is 0 Å². The van der Waals surface area contributed by atoms with Gasteiger partial charge < -0.3 is 14.4 Å². The van der Waals surface area contributed by atoms with Crippen molar-refractivity contribution in [3.8, 4) is 5.75 Å². The number of rotatable bonds is 6. The third-order valence-electron chi connectivity index (χ3n) is 4.42. The lowest BCUT2D eigenvalue weighted by atomic mass is 9.87. The molecule has 4 nitrogen and oxygen atoms in total. The first-order valence-corrected chi connectivity index (χ1v) is 9.34. The highest BCUT2D eigenvalue weighted by atomic mass is 79.9. The number of carbonyl (C=O) groups excluding carboxylic acids is 1. The number of methoxy groups -OCH3 is 1. The van der Waals surface area contributed by atoms with Gasteiger partial charge in [0.05, 0.1) is 17.2 Å². The summed E-state index contributed by atoms with van der Waals surface area (Å²) in [7, 11) is 1.70. The maximum absolute atomic E-state index is 12.1. The second kappa shape index (κ2) is 8.34. The van der Waals surface area contributed by atoms with Gasteiger partial charge in [0.25, 0.3) is 0 Å². The second-order valence-electron chi connectivity index (χ2n) is 7.33. The first kappa shape index (κ1) is 19.3. The highest BCUT2D eigenvalue weighted by Gasteiger charge is 2.25. The van der Waals surface area contributed by atoms with Gasteiger partial charge in [0, 0.05) is 26.6 Å². The molecule has 5 heteroatoms. The third kappa shape index (κ3) is 5.21. The van der Waals surface area contributed by atoms with Crippen LogP contribution in [0.5, 0.6) is 5.75 Å². The van der Waals surface area contributed by atoms with E-state index in [9.17, 15) is 4.79 Å². The molecule has 0 N–H and O–H groups in total. The molecule has 0 saturated carbocycles. The number of ether oxygens (including phenoxy) is 2. The Bertz CT molecular complexity index is 568. The SMILES string of the molecule is COC1CCN(C(=O)CCCOc2ccc(C(C)(C)C)cc2Br)C1. The predicted octanol–water partition coefficient (Wildman–Crippen LogP) is 4.15. The average Bonchev–Trinajstić information content (AvgIpc) is 3.00. The fraction of sp³-hybridized carbons (Fsp3) is 0.632. The maximum Gasteiger partial charge on any atom is 0.222 e. The minimum atomic E-state index is 0.114. The molecule has 1 atom stereocenters. The van der Waals surface area contributed by atoms with E-state index >= 15 is 0 Å². The minimum Gasteiger partial charge on any atom is -0.492 e. The van der Waals surface area contributed by atoms with Crippen molar-refractivity contribution >= 4 is 21.8 Å². The van der Waals surface area contributed by atoms with Crippen LogP contribution in [0.3, 0.4) is 0 Å². The molecule has 0 bridgehead atoms. The van der Waals surface area contributed by atoms with Gasteiger partial charge in [-0.1, -0.05) is 26.8 Å². The minimum absolute atomic E-state index is 0.114. The van der Waals surface area contributed by atoms with Crippen LogP contribution in [0.2, 0.25) is 0 Å². The summed E-state index contributed by atoms with van der Waals surface area (Å²) < 4.78 is 12.1. The topological polar surface area (TPSA) is 38.8 Å². The van der Waals surface area contributed by atoms with Gasteiger partial charge >= 0.3 is 0 Å². The Balaban J connectivity index is 1.75. The first-order valence-electron chi connectivity index (χ1n) is 8.54. The number of amides is 1. The number of likely N-dealkylation sites (tertiary alicyclic amines) is 1. The van der Waals surface area contributed by atoms with E-state index in [0.717, 1.165) is 36.2 Å². The largest absolute Gasteiger partial charge is 0.492 e. The Morgan fingerprint density at radius 3 is 2.71 bits per heavy atom. The average molecular weight is 398 g/mol. The van der Waals surface area contributed by atoms with E-state index in [1.165, 1.54) is 5.56 Å². The molecular weight excluding hydrogens is 370 g/mol. The number of nitrogens with zero attached hydrogens (tertiary/aromatic N) is 1. The van der Waals surface area contributed by atoms with Crippen LogP contribution in [0.4, 0.5) is 0 Å². The van der Waals surface area contributed by atoms with Crippen molar-refractivity contribution in [3.63, 3.8) is 0 Å². The van der Waals surface area contributed by atoms with E-state index in [0.29, 0.717) is 13.0 Å². The number of halogens is 1. The zero-order valence-electron chi connectivity index (χ0n) is 15.1. The molecule has 1 heterocycles. The van der Waals surface area contributed by atoms with Gasteiger partial charge in [-0.05, 0) is 51.9 Å². The molecule has 2 rings (SSSR count). The molecule has 1 amide bonds. The number of carbonyl (C=O) groups is 1. The molecular formula is C19H28BrNO3. The number of hydrogen-bond acceptors (Lipinski definition) is 3. The lowest BCUT2D eigenvalue weighted by Gasteiger charge is -2.20. The molecule has 1 aliphatic rings. The van der Waals surface area contributed by atoms with Gasteiger partial charge in [-0.2, -0.15) is 0 Å². The smallest absolute Gasteiger partial charge is 0.222 e. The fourth-order valence-electron chi connectivity index (χ4n) is 2.80. The van der Waals surface area contributed by atoms with Crippen molar-refractivity contribution in [1.29, 1.82) is 0 Å². The van der Waals surface area contributed by atoms with Crippen LogP contribution < -0.4 is 4.74 Å². The zero-order valence-corrected chi connectivity index (χ0v) is 16.7. The van der Waals surface area contributed by atoms with Gasteiger partial charge in [-0.25, -0.2) is 0 Å². The van der Waals surface area contributed by atoms with Gasteiger partial charge in [0.1, 0.15) is 5.75 Å². The van der Waals surface area contributed by atoms with Crippen molar-refractivity contribution < 1.29 is 14.3 Å². The molecule has 1 aliphatic heterocycles. The first-order chi connectivity index (χ1) is 11.3. The molecule has 24 heavy (non-hydrogen) atoms. The Hall–Kier alpha value is -1.07. The Kier molecular flexibility index (Phi) is 6.70. The second-order valence-corrected chi connectivity index (χ2v) is 8.19. The van der Waals surface area contributed by atoms with E-state index in [4.69, 9.17) is 9.47 Å². The molecule has 0 aromatic heterocycles. The summed E-state index contributed by atoms with van der Waals surface area (Å²) in [5.74, 6) is 1.02. The standard InChI is InChI=1S/C19H28BrNO3/c1-19(2,3)14-7-8-17(16(20)12-14)24-11-5-6-18(22)21-10-9-15(13-21)23-4/h7-8,12,15H,5-6,9-11,13H2,1-4H3. The molecule has 1 aromatic carbocycles. The molecule has 1 fully saturated rings. The van der Waals surface area contributed by atoms with Crippen molar-refractivity contribution in [1.82, 2.24) is 4.90 Å². The Labute approximate surface area is 153 Å². The van der Waals surface area contributed by atoms with Crippen molar-refractivity contribution in [2.75, 3.05) is 26.8 Å². The Morgan fingerprint density at radius 2 is 2.12 bits per heavy atom. The van der Waals surface area contributed by atoms with Crippen molar-refractivity contribution in [3.05, 3.63) is 28.2 Å². The van der Waals surface area contributed by atoms with E-state index in [-0.39, 0.29) is 17.4 Å². The normalized spacial score (nSPS) is 18.0. The summed E-state index contributed by atoms with van der Waals surface area (Å²) in [4.78, 5) is 14.0. The predicted molar refractivity (Wildman–Crippen MR) is 99.6 cm³/mol. The van der Waals surface area contributed by atoms with Gasteiger partial charge in [0.15, 0.2) is 0 Å². The Morgan fingerprint density at radius 1 is 1.38 bits per heavy atom. The quantitative estimate of drug-likeness (QED) is 0.676. The zero-order chi connectivity index (χ0) is 17.7. The van der Waals surface area contributed by atoms with Crippen LogP contribution in [0.15, 0.2) is 22.7 Å². The molecule has 1 saturated heterocycles. The summed E-state index contributed by atoms with van der Waals surface area (Å²) in [6, 6.07) is 6.20. The van der Waals surface area contributed by atoms with Crippen molar-refractivity contribution in [2.24, 2.45) is 0 Å². The van der Waals surface area contributed by atoms with Gasteiger partial charge in [0.2, 0.25) is 5.91 Å². The monoisotopic (exact) mass is 397 g/mol. The molecule has 134 valence electrons. The van der Waals surface area contributed by atoms with Gasteiger partial charge in [-0.15, -0.1) is 0 Å². The summed E-state index contributed by atoms with van der Waals surface area (Å²) >= 11 is 3.57. The van der Waals surface area contributed by atoms with Crippen LogP contribution in [0.25, 0.3) is 0 Å². The number of benzene rings is 1. The van der Waals surface area contributed by atoms with Crippen molar-refractivity contribution in [2.45, 2.75) is 51.6 Å². The van der Waals surface area contributed by atoms with E-state index in [1.807, 2.05) is 11.0 Å². The molecule has 0 radical (unpaired) electrons. The fourth-order valence-corrected chi connectivity index (χ4v) is 3.29. The van der Waals surface area contributed by atoms with Crippen LogP contribution >= 0.6 is 15.9 Å². The van der Waals surface area contributed by atoms with Gasteiger partial charge in [-0.3, -0.25) is 4.79 Å². The lowest BCUT2D eigenvalue weighted by Crippen LogP contribution is -2.30. The van der Waals surface area contributed by atoms with E-state index in [2.05, 4.69) is 48.8 Å². The van der Waals surface area contributed by atoms with Crippen LogP contribution in [0, 0.1) is 0 Å². The summed E-state index contributed by atoms with van der Waals surface area (Å²) in [5, 5.41) is 0. The summed E-state index contributed by atoms with van der Waals surface area (Å²) in [5.41, 5.74) is 1.38. The van der Waals surface area contributed by atoms with E-state index in [1.54, 1.807) is 7.11 Å². The molecule has 0 aliphatic carbocycles. The van der Waals surface area contributed by atoms with Crippen LogP contribution in [-0.4, -0.2) is 43.7 Å².